The lowest BCUT2D eigenvalue weighted by Crippen LogP contribution is -2.39. The van der Waals surface area contributed by atoms with Crippen molar-refractivity contribution in [1.29, 1.82) is 0 Å². The zero-order valence-electron chi connectivity index (χ0n) is 8.23. The van der Waals surface area contributed by atoms with Crippen molar-refractivity contribution in [1.82, 2.24) is 14.2 Å². The Morgan fingerprint density at radius 3 is 2.76 bits per heavy atom. The third-order valence-electron chi connectivity index (χ3n) is 1.95. The number of hydrazine groups is 1. The second-order valence-electron chi connectivity index (χ2n) is 2.98. The molecule has 0 bridgehead atoms. The maximum Gasteiger partial charge on any atom is 0.323 e. The number of benzene rings is 1. The molecule has 9 heteroatoms. The Hall–Kier alpha value is -1.77. The lowest BCUT2D eigenvalue weighted by molar-refractivity contribution is -0.136. The Bertz CT molecular complexity index is 599. The molecule has 1 aromatic carbocycles. The van der Waals surface area contributed by atoms with Gasteiger partial charge in [0, 0.05) is 0 Å². The molecule has 0 aliphatic heterocycles. The number of aromatic nitrogens is 2. The second-order valence-corrected chi connectivity index (χ2v) is 3.92. The van der Waals surface area contributed by atoms with Gasteiger partial charge in [-0.3, -0.25) is 15.0 Å². The van der Waals surface area contributed by atoms with Gasteiger partial charge in [0.05, 0.1) is 22.4 Å². The predicted octanol–water partition coefficient (Wildman–Crippen LogP) is 0.273. The molecule has 2 aromatic rings. The summed E-state index contributed by atoms with van der Waals surface area (Å²) in [6.07, 6.45) is 0. The molecule has 4 N–H and O–H groups in total. The standard InChI is InChI=1S/C8H6ClN5O2S/c9-3-1-2-4-6(14-17-13-4)5(3)11-7(15)8(16)12-10/h1-2H,10H2,(H,11,15)(H,12,16). The minimum Gasteiger partial charge on any atom is -0.314 e. The zero-order chi connectivity index (χ0) is 12.4. The molecule has 0 radical (unpaired) electrons. The summed E-state index contributed by atoms with van der Waals surface area (Å²) >= 11 is 6.89. The minimum absolute atomic E-state index is 0.242. The van der Waals surface area contributed by atoms with Crippen molar-refractivity contribution in [2.75, 3.05) is 5.32 Å². The topological polar surface area (TPSA) is 110 Å². The molecule has 0 saturated heterocycles. The van der Waals surface area contributed by atoms with E-state index in [0.717, 1.165) is 11.7 Å². The summed E-state index contributed by atoms with van der Waals surface area (Å²) < 4.78 is 7.97. The summed E-state index contributed by atoms with van der Waals surface area (Å²) in [5.74, 6) is 2.95. The van der Waals surface area contributed by atoms with E-state index >= 15 is 0 Å². The van der Waals surface area contributed by atoms with Crippen LogP contribution in [0.2, 0.25) is 5.02 Å². The average molecular weight is 272 g/mol. The van der Waals surface area contributed by atoms with Crippen LogP contribution in [0.1, 0.15) is 0 Å². The number of halogens is 1. The number of anilines is 1. The van der Waals surface area contributed by atoms with E-state index in [1.165, 1.54) is 0 Å². The van der Waals surface area contributed by atoms with Crippen molar-refractivity contribution in [2.24, 2.45) is 5.84 Å². The maximum absolute atomic E-state index is 11.4. The SMILES string of the molecule is NNC(=O)C(=O)Nc1c(Cl)ccc2nsnc12. The summed E-state index contributed by atoms with van der Waals surface area (Å²) in [5, 5.41) is 2.60. The third-order valence-corrected chi connectivity index (χ3v) is 2.81. The number of hydrogen-bond donors (Lipinski definition) is 3. The van der Waals surface area contributed by atoms with Gasteiger partial charge < -0.3 is 5.32 Å². The quantitative estimate of drug-likeness (QED) is 0.298. The van der Waals surface area contributed by atoms with Gasteiger partial charge >= 0.3 is 11.8 Å². The molecule has 0 atom stereocenters. The van der Waals surface area contributed by atoms with Gasteiger partial charge in [-0.05, 0) is 12.1 Å². The fraction of sp³-hybridized carbons (Fsp3) is 0. The highest BCUT2D eigenvalue weighted by Gasteiger charge is 2.17. The van der Waals surface area contributed by atoms with Gasteiger partial charge in [-0.15, -0.1) is 0 Å². The van der Waals surface area contributed by atoms with Crippen molar-refractivity contribution >= 4 is 51.9 Å². The highest BCUT2D eigenvalue weighted by molar-refractivity contribution is 7.00. The van der Waals surface area contributed by atoms with E-state index < -0.39 is 11.8 Å². The van der Waals surface area contributed by atoms with Gasteiger partial charge in [-0.25, -0.2) is 5.84 Å². The number of fused-ring (bicyclic) bond motifs is 1. The van der Waals surface area contributed by atoms with Crippen LogP contribution >= 0.6 is 23.3 Å². The first-order valence-corrected chi connectivity index (χ1v) is 5.47. The van der Waals surface area contributed by atoms with Crippen LogP contribution in [-0.2, 0) is 9.59 Å². The van der Waals surface area contributed by atoms with Gasteiger partial charge in [0.2, 0.25) is 0 Å². The summed E-state index contributed by atoms with van der Waals surface area (Å²) in [6, 6.07) is 3.22. The van der Waals surface area contributed by atoms with Crippen LogP contribution in [0.4, 0.5) is 5.69 Å². The van der Waals surface area contributed by atoms with Gasteiger partial charge in [0.15, 0.2) is 0 Å². The van der Waals surface area contributed by atoms with E-state index in [1.54, 1.807) is 17.6 Å². The summed E-state index contributed by atoms with van der Waals surface area (Å²) in [6.45, 7) is 0. The molecule has 2 rings (SSSR count). The fourth-order valence-corrected chi connectivity index (χ4v) is 1.92. The largest absolute Gasteiger partial charge is 0.323 e. The van der Waals surface area contributed by atoms with E-state index in [4.69, 9.17) is 17.4 Å². The molecule has 1 aromatic heterocycles. The molecule has 1 heterocycles. The van der Waals surface area contributed by atoms with Crippen LogP contribution in [0.5, 0.6) is 0 Å². The maximum atomic E-state index is 11.4. The van der Waals surface area contributed by atoms with E-state index in [-0.39, 0.29) is 10.7 Å². The second kappa shape index (κ2) is 4.62. The van der Waals surface area contributed by atoms with E-state index in [1.807, 2.05) is 0 Å². The monoisotopic (exact) mass is 271 g/mol. The van der Waals surface area contributed by atoms with Crippen molar-refractivity contribution in [3.8, 4) is 0 Å². The molecular formula is C8H6ClN5O2S. The smallest absolute Gasteiger partial charge is 0.314 e. The van der Waals surface area contributed by atoms with E-state index in [0.29, 0.717) is 11.0 Å². The van der Waals surface area contributed by atoms with Gasteiger partial charge in [0.25, 0.3) is 0 Å². The molecule has 0 fully saturated rings. The Morgan fingerprint density at radius 2 is 2.06 bits per heavy atom. The number of amides is 2. The van der Waals surface area contributed by atoms with Crippen LogP contribution in [0.3, 0.4) is 0 Å². The first kappa shape index (κ1) is 11.7. The number of carbonyl (C=O) groups is 2. The molecule has 88 valence electrons. The van der Waals surface area contributed by atoms with Crippen molar-refractivity contribution < 1.29 is 9.59 Å². The van der Waals surface area contributed by atoms with E-state index in [9.17, 15) is 9.59 Å². The number of nitrogens with one attached hydrogen (secondary N) is 2. The first-order valence-electron chi connectivity index (χ1n) is 4.36. The molecule has 0 saturated carbocycles. The lowest BCUT2D eigenvalue weighted by Gasteiger charge is -2.06. The Balaban J connectivity index is 2.41. The van der Waals surface area contributed by atoms with Gasteiger partial charge in [-0.2, -0.15) is 8.75 Å². The number of rotatable bonds is 1. The molecule has 2 amide bonds. The molecule has 0 aliphatic carbocycles. The normalized spacial score (nSPS) is 10.2. The number of hydrogen-bond acceptors (Lipinski definition) is 6. The summed E-state index contributed by atoms with van der Waals surface area (Å²) in [5.41, 5.74) is 2.98. The van der Waals surface area contributed by atoms with Crippen LogP contribution in [0, 0.1) is 0 Å². The molecular weight excluding hydrogens is 266 g/mol. The number of carbonyl (C=O) groups excluding carboxylic acids is 2. The average Bonchev–Trinajstić information content (AvgIpc) is 2.80. The van der Waals surface area contributed by atoms with Crippen LogP contribution in [0.25, 0.3) is 11.0 Å². The molecule has 7 nitrogen and oxygen atoms in total. The van der Waals surface area contributed by atoms with Crippen molar-refractivity contribution in [3.05, 3.63) is 17.2 Å². The third kappa shape index (κ3) is 2.18. The van der Waals surface area contributed by atoms with Crippen molar-refractivity contribution in [2.45, 2.75) is 0 Å². The Kier molecular flexibility index (Phi) is 3.18. The first-order chi connectivity index (χ1) is 8.13. The molecule has 0 unspecified atom stereocenters. The van der Waals surface area contributed by atoms with Gasteiger partial charge in [-0.1, -0.05) is 11.6 Å². The van der Waals surface area contributed by atoms with Gasteiger partial charge in [0.1, 0.15) is 11.0 Å². The molecule has 0 aliphatic rings. The Labute approximate surface area is 104 Å². The zero-order valence-corrected chi connectivity index (χ0v) is 9.80. The summed E-state index contributed by atoms with van der Waals surface area (Å²) in [7, 11) is 0. The number of nitrogens with zero attached hydrogens (tertiary/aromatic N) is 2. The minimum atomic E-state index is -0.971. The highest BCUT2D eigenvalue weighted by Crippen LogP contribution is 2.29. The fourth-order valence-electron chi connectivity index (χ4n) is 1.18. The lowest BCUT2D eigenvalue weighted by atomic mass is 10.2. The van der Waals surface area contributed by atoms with E-state index in [2.05, 4.69) is 14.1 Å². The van der Waals surface area contributed by atoms with Crippen molar-refractivity contribution in [3.63, 3.8) is 0 Å². The highest BCUT2D eigenvalue weighted by atomic mass is 35.5. The van der Waals surface area contributed by atoms with Crippen LogP contribution < -0.4 is 16.6 Å². The summed E-state index contributed by atoms with van der Waals surface area (Å²) in [4.78, 5) is 22.3. The molecule has 17 heavy (non-hydrogen) atoms. The van der Waals surface area contributed by atoms with Crippen LogP contribution in [0.15, 0.2) is 12.1 Å². The number of nitrogens with two attached hydrogens (primary N) is 1. The van der Waals surface area contributed by atoms with Crippen LogP contribution in [-0.4, -0.2) is 20.6 Å². The molecule has 0 spiro atoms. The predicted molar refractivity (Wildman–Crippen MR) is 63.4 cm³/mol. The Morgan fingerprint density at radius 1 is 1.29 bits per heavy atom.